The van der Waals surface area contributed by atoms with Crippen LogP contribution in [0.4, 0.5) is 0 Å². The molecule has 0 atom stereocenters. The molecule has 4 heteroatoms. The van der Waals surface area contributed by atoms with E-state index < -0.39 is 0 Å². The van der Waals surface area contributed by atoms with E-state index in [2.05, 4.69) is 26.1 Å². The fourth-order valence-corrected chi connectivity index (χ4v) is 0.183. The van der Waals surface area contributed by atoms with E-state index in [0.29, 0.717) is 6.54 Å². The van der Waals surface area contributed by atoms with Crippen LogP contribution in [0, 0.1) is 20.8 Å². The Morgan fingerprint density at radius 3 is 1.67 bits per heavy atom. The molecule has 0 aromatic heterocycles. The molecule has 1 nitrogen and oxygen atoms in total. The molecule has 0 unspecified atom stereocenters. The van der Waals surface area contributed by atoms with Crippen LogP contribution in [-0.4, -0.2) is 12.6 Å². The van der Waals surface area contributed by atoms with Crippen LogP contribution in [0.15, 0.2) is 0 Å². The first kappa shape index (κ1) is 22.5. The molecule has 52 valence electrons. The second-order valence-electron chi connectivity index (χ2n) is 1.06. The number of hydrogen-bond donors (Lipinski definition) is 0. The molecular formula is C5H9NVWY-4. The molecule has 0 aliphatic carbocycles. The summed E-state index contributed by atoms with van der Waals surface area (Å²) >= 11 is 0. The standard InChI is InChI=1S/C5H9N.V.W.Y/c1-4-6-5(2)3;;;/h5H,1-4H2;;;/q-4;;;. The molecule has 0 aromatic carbocycles. The first-order chi connectivity index (χ1) is 2.77. The van der Waals surface area contributed by atoms with Crippen LogP contribution >= 0.6 is 0 Å². The fourth-order valence-electron chi connectivity index (χ4n) is 0.183. The Morgan fingerprint density at radius 2 is 1.67 bits per heavy atom. The monoisotopic (exact) mass is 407 g/mol. The van der Waals surface area contributed by atoms with Gasteiger partial charge in [-0.1, -0.05) is 0 Å². The topological polar surface area (TPSA) is 14.1 Å². The molecule has 0 amide bonds. The molecular weight excluding hydrogens is 398 g/mol. The quantitative estimate of drug-likeness (QED) is 0.612. The van der Waals surface area contributed by atoms with Gasteiger partial charge in [0.05, 0.1) is 0 Å². The van der Waals surface area contributed by atoms with Gasteiger partial charge in [-0.3, -0.25) is 6.54 Å². The second-order valence-corrected chi connectivity index (χ2v) is 1.06. The molecule has 0 N–H and O–H groups in total. The van der Waals surface area contributed by atoms with Gasteiger partial charge in [0.15, 0.2) is 0 Å². The summed E-state index contributed by atoms with van der Waals surface area (Å²) in [5.74, 6) is 0. The van der Waals surface area contributed by atoms with Crippen molar-refractivity contribution >= 4 is 0 Å². The largest absolute Gasteiger partial charge is 0.738 e. The van der Waals surface area contributed by atoms with Crippen molar-refractivity contribution in [2.45, 2.75) is 6.04 Å². The Labute approximate surface area is 110 Å². The molecule has 0 bridgehead atoms. The Balaban J connectivity index is -0.0000000417. The molecule has 2 radical (unpaired) electrons. The molecule has 0 fully saturated rings. The van der Waals surface area contributed by atoms with Gasteiger partial charge < -0.3 is 32.1 Å². The van der Waals surface area contributed by atoms with E-state index in [4.69, 9.17) is 0 Å². The summed E-state index contributed by atoms with van der Waals surface area (Å²) < 4.78 is 0. The van der Waals surface area contributed by atoms with E-state index in [1.54, 1.807) is 0 Å². The van der Waals surface area contributed by atoms with Gasteiger partial charge >= 0.3 is 0 Å². The van der Waals surface area contributed by atoms with Crippen molar-refractivity contribution in [2.75, 3.05) is 6.54 Å². The van der Waals surface area contributed by atoms with Crippen molar-refractivity contribution in [2.24, 2.45) is 0 Å². The predicted octanol–water partition coefficient (Wildman–Crippen LogP) is 1.22. The maximum atomic E-state index is 3.79. The minimum absolute atomic E-state index is 0. The molecule has 0 saturated heterocycles. The smallest absolute Gasteiger partial charge is 0 e. The number of nitrogens with zero attached hydrogens (tertiary/aromatic N) is 1. The van der Waals surface area contributed by atoms with Crippen molar-refractivity contribution in [3.8, 4) is 0 Å². The van der Waals surface area contributed by atoms with E-state index in [1.165, 1.54) is 0 Å². The average Bonchev–Trinajstić information content (AvgIpc) is 1.35. The van der Waals surface area contributed by atoms with E-state index in [1.807, 2.05) is 0 Å². The zero-order valence-electron chi connectivity index (χ0n) is 5.29. The first-order valence-corrected chi connectivity index (χ1v) is 1.89. The van der Waals surface area contributed by atoms with Gasteiger partial charge in [-0.2, -0.15) is 0 Å². The Bertz CT molecular complexity index is 38.1. The molecule has 0 aromatic rings. The Morgan fingerprint density at radius 1 is 1.33 bits per heavy atom. The number of rotatable bonds is 2. The first-order valence-electron chi connectivity index (χ1n) is 1.89. The van der Waals surface area contributed by atoms with Gasteiger partial charge in [0.2, 0.25) is 0 Å². The van der Waals surface area contributed by atoms with Gasteiger partial charge in [-0.15, -0.1) is 0 Å². The number of hydrogen-bond acceptors (Lipinski definition) is 0. The zero-order chi connectivity index (χ0) is 4.99. The second kappa shape index (κ2) is 16.7. The summed E-state index contributed by atoms with van der Waals surface area (Å²) in [7, 11) is 0. The minimum atomic E-state index is -0.0394. The Hall–Kier alpha value is 2.34. The normalized spacial score (nSPS) is 6.67. The average molecular weight is 407 g/mol. The zero-order valence-corrected chi connectivity index (χ0v) is 12.5. The summed E-state index contributed by atoms with van der Waals surface area (Å²) in [5.41, 5.74) is 0. The minimum Gasteiger partial charge on any atom is -0.738 e. The molecule has 9 heavy (non-hydrogen) atoms. The van der Waals surface area contributed by atoms with Crippen LogP contribution < -0.4 is 0 Å². The van der Waals surface area contributed by atoms with E-state index >= 15 is 0 Å². The summed E-state index contributed by atoms with van der Waals surface area (Å²) in [6, 6.07) is -0.0394. The van der Waals surface area contributed by atoms with Gasteiger partial charge in [-0.05, 0) is 0 Å². The van der Waals surface area contributed by atoms with Crippen LogP contribution in [0.5, 0.6) is 0 Å². The summed E-state index contributed by atoms with van der Waals surface area (Å²) in [4.78, 5) is 0. The van der Waals surface area contributed by atoms with Gasteiger partial charge in [0.1, 0.15) is 0 Å². The third-order valence-electron chi connectivity index (χ3n) is 0.387. The van der Waals surface area contributed by atoms with Crippen molar-refractivity contribution in [1.82, 2.24) is 0 Å². The molecule has 0 aliphatic heterocycles. The molecule has 0 heterocycles. The summed E-state index contributed by atoms with van der Waals surface area (Å²) in [6.45, 7) is 11.1. The summed E-state index contributed by atoms with van der Waals surface area (Å²) in [6.07, 6.45) is 0. The Kier molecular flexibility index (Phi) is 41.9. The van der Waals surface area contributed by atoms with Gasteiger partial charge in [0.25, 0.3) is 0 Å². The molecule has 0 saturated carbocycles. The van der Waals surface area contributed by atoms with Crippen molar-refractivity contribution in [3.05, 3.63) is 26.1 Å². The van der Waals surface area contributed by atoms with Crippen molar-refractivity contribution in [3.63, 3.8) is 0 Å². The van der Waals surface area contributed by atoms with Gasteiger partial charge in [0, 0.05) is 72.3 Å². The van der Waals surface area contributed by atoms with Crippen LogP contribution in [0.3, 0.4) is 0 Å². The van der Waals surface area contributed by atoms with E-state index in [9.17, 15) is 0 Å². The maximum absolute atomic E-state index is 3.79. The van der Waals surface area contributed by atoms with Crippen molar-refractivity contribution < 1.29 is 72.3 Å². The predicted molar refractivity (Wildman–Crippen MR) is 28.1 cm³/mol. The van der Waals surface area contributed by atoms with E-state index in [0.717, 1.165) is 0 Å². The van der Waals surface area contributed by atoms with E-state index in [-0.39, 0.29) is 78.4 Å². The third-order valence-corrected chi connectivity index (χ3v) is 0.387. The molecule has 0 spiro atoms. The van der Waals surface area contributed by atoms with Gasteiger partial charge in [-0.25, -0.2) is 0 Å². The van der Waals surface area contributed by atoms with Crippen LogP contribution in [0.1, 0.15) is 0 Å². The van der Waals surface area contributed by atoms with Crippen LogP contribution in [0.25, 0.3) is 5.32 Å². The van der Waals surface area contributed by atoms with Crippen LogP contribution in [0.2, 0.25) is 0 Å². The maximum Gasteiger partial charge on any atom is 0 e. The molecule has 0 rings (SSSR count). The third kappa shape index (κ3) is 25.2. The SMILES string of the molecule is [CH2-]C[N-]C([CH2-])[CH2-].[V].[W].[Y]. The van der Waals surface area contributed by atoms with Crippen molar-refractivity contribution in [1.29, 1.82) is 0 Å². The summed E-state index contributed by atoms with van der Waals surface area (Å²) in [5, 5.41) is 3.79. The molecule has 0 aliphatic rings. The van der Waals surface area contributed by atoms with Crippen LogP contribution in [-0.2, 0) is 72.3 Å². The fraction of sp³-hybridized carbons (Fsp3) is 0.400.